The van der Waals surface area contributed by atoms with E-state index in [2.05, 4.69) is 12.2 Å². The van der Waals surface area contributed by atoms with Crippen LogP contribution in [0.2, 0.25) is 5.02 Å². The summed E-state index contributed by atoms with van der Waals surface area (Å²) in [6.45, 7) is 4.66. The minimum atomic E-state index is -3.95. The molecule has 2 aromatic rings. The molecule has 0 radical (unpaired) electrons. The van der Waals surface area contributed by atoms with Gasteiger partial charge in [-0.15, -0.1) is 0 Å². The van der Waals surface area contributed by atoms with Crippen LogP contribution < -0.4 is 14.4 Å². The highest BCUT2D eigenvalue weighted by molar-refractivity contribution is 7.92. The highest BCUT2D eigenvalue weighted by Crippen LogP contribution is 2.26. The van der Waals surface area contributed by atoms with Crippen LogP contribution in [0.1, 0.15) is 33.1 Å². The van der Waals surface area contributed by atoms with Gasteiger partial charge in [-0.25, -0.2) is 8.42 Å². The number of rotatable bonds is 11. The van der Waals surface area contributed by atoms with Crippen LogP contribution in [0.4, 0.5) is 5.69 Å². The molecule has 1 amide bonds. The summed E-state index contributed by atoms with van der Waals surface area (Å²) in [7, 11) is -3.95. The van der Waals surface area contributed by atoms with Gasteiger partial charge in [-0.3, -0.25) is 9.10 Å². The highest BCUT2D eigenvalue weighted by atomic mass is 35.5. The second-order valence-corrected chi connectivity index (χ2v) is 8.75. The van der Waals surface area contributed by atoms with Crippen molar-refractivity contribution in [3.63, 3.8) is 0 Å². The molecule has 0 saturated carbocycles. The summed E-state index contributed by atoms with van der Waals surface area (Å²) in [5.74, 6) is 0.275. The summed E-state index contributed by atoms with van der Waals surface area (Å²) in [6.07, 6.45) is 2.90. The maximum absolute atomic E-state index is 13.2. The third-order valence-corrected chi connectivity index (χ3v) is 6.27. The van der Waals surface area contributed by atoms with Crippen LogP contribution in [0.5, 0.6) is 5.75 Å². The molecule has 0 aliphatic carbocycles. The molecule has 0 saturated heterocycles. The van der Waals surface area contributed by atoms with Crippen LogP contribution in [0.3, 0.4) is 0 Å². The van der Waals surface area contributed by atoms with Crippen LogP contribution in [0, 0.1) is 0 Å². The molecule has 0 atom stereocenters. The number of halogens is 1. The Balaban J connectivity index is 2.29. The van der Waals surface area contributed by atoms with Crippen molar-refractivity contribution in [3.05, 3.63) is 53.6 Å². The van der Waals surface area contributed by atoms with Gasteiger partial charge in [0.2, 0.25) is 5.91 Å². The van der Waals surface area contributed by atoms with E-state index in [9.17, 15) is 13.2 Å². The Morgan fingerprint density at radius 3 is 2.28 bits per heavy atom. The van der Waals surface area contributed by atoms with Crippen molar-refractivity contribution in [1.82, 2.24) is 5.32 Å². The number of ether oxygens (including phenoxy) is 1. The third kappa shape index (κ3) is 6.65. The summed E-state index contributed by atoms with van der Waals surface area (Å²) in [6, 6.07) is 12.5. The molecule has 0 aliphatic rings. The molecule has 0 aliphatic heterocycles. The van der Waals surface area contributed by atoms with Crippen molar-refractivity contribution >= 4 is 33.2 Å². The van der Waals surface area contributed by atoms with E-state index in [1.807, 2.05) is 6.92 Å². The fourth-order valence-electron chi connectivity index (χ4n) is 2.71. The molecule has 1 N–H and O–H groups in total. The van der Waals surface area contributed by atoms with Crippen molar-refractivity contribution in [2.24, 2.45) is 0 Å². The van der Waals surface area contributed by atoms with Gasteiger partial charge in [0.15, 0.2) is 0 Å². The van der Waals surface area contributed by atoms with Gasteiger partial charge in [0.1, 0.15) is 12.3 Å². The molecule has 0 fully saturated rings. The van der Waals surface area contributed by atoms with E-state index < -0.39 is 10.0 Å². The number of unbranched alkanes of at least 4 members (excludes halogenated alkanes) is 2. The molecule has 0 spiro atoms. The monoisotopic (exact) mass is 438 g/mol. The van der Waals surface area contributed by atoms with E-state index in [1.54, 1.807) is 24.3 Å². The second-order valence-electron chi connectivity index (χ2n) is 6.45. The van der Waals surface area contributed by atoms with E-state index >= 15 is 0 Å². The molecule has 6 nitrogen and oxygen atoms in total. The van der Waals surface area contributed by atoms with Gasteiger partial charge < -0.3 is 10.1 Å². The SMILES string of the molecule is CCCCCNC(=O)CN(c1ccc(OCC)cc1)S(=O)(=O)c1ccc(Cl)cc1. The Hall–Kier alpha value is -2.25. The first-order valence-corrected chi connectivity index (χ1v) is 11.5. The topological polar surface area (TPSA) is 75.7 Å². The van der Waals surface area contributed by atoms with Gasteiger partial charge in [-0.05, 0) is 61.9 Å². The number of benzene rings is 2. The lowest BCUT2D eigenvalue weighted by Crippen LogP contribution is -2.41. The molecule has 0 heterocycles. The number of carbonyl (C=O) groups is 1. The number of anilines is 1. The molecular weight excluding hydrogens is 412 g/mol. The maximum Gasteiger partial charge on any atom is 0.264 e. The van der Waals surface area contributed by atoms with Gasteiger partial charge in [0.25, 0.3) is 10.0 Å². The van der Waals surface area contributed by atoms with Crippen molar-refractivity contribution in [2.45, 2.75) is 38.0 Å². The van der Waals surface area contributed by atoms with Crippen molar-refractivity contribution in [3.8, 4) is 5.75 Å². The number of nitrogens with zero attached hydrogens (tertiary/aromatic N) is 1. The van der Waals surface area contributed by atoms with Gasteiger partial charge in [-0.2, -0.15) is 0 Å². The van der Waals surface area contributed by atoms with Crippen LogP contribution in [0.25, 0.3) is 0 Å². The van der Waals surface area contributed by atoms with E-state index in [0.29, 0.717) is 29.6 Å². The largest absolute Gasteiger partial charge is 0.494 e. The number of nitrogens with one attached hydrogen (secondary N) is 1. The Morgan fingerprint density at radius 2 is 1.69 bits per heavy atom. The second kappa shape index (κ2) is 11.1. The first-order valence-electron chi connectivity index (χ1n) is 9.66. The van der Waals surface area contributed by atoms with Crippen molar-refractivity contribution < 1.29 is 17.9 Å². The van der Waals surface area contributed by atoms with Gasteiger partial charge in [0.05, 0.1) is 17.2 Å². The molecule has 29 heavy (non-hydrogen) atoms. The van der Waals surface area contributed by atoms with E-state index in [0.717, 1.165) is 23.6 Å². The van der Waals surface area contributed by atoms with Crippen LogP contribution in [-0.4, -0.2) is 34.0 Å². The normalized spacial score (nSPS) is 11.1. The quantitative estimate of drug-likeness (QED) is 0.532. The molecule has 8 heteroatoms. The van der Waals surface area contributed by atoms with E-state index in [4.69, 9.17) is 16.3 Å². The zero-order chi connectivity index (χ0) is 21.3. The van der Waals surface area contributed by atoms with Crippen LogP contribution in [0.15, 0.2) is 53.4 Å². The van der Waals surface area contributed by atoms with Crippen LogP contribution >= 0.6 is 11.6 Å². The first kappa shape index (κ1) is 23.0. The van der Waals surface area contributed by atoms with Gasteiger partial charge in [0, 0.05) is 11.6 Å². The molecule has 0 bridgehead atoms. The predicted molar refractivity (Wildman–Crippen MR) is 116 cm³/mol. The number of sulfonamides is 1. The molecule has 2 rings (SSSR count). The average Bonchev–Trinajstić information content (AvgIpc) is 2.71. The number of hydrogen-bond donors (Lipinski definition) is 1. The van der Waals surface area contributed by atoms with Crippen LogP contribution in [-0.2, 0) is 14.8 Å². The minimum Gasteiger partial charge on any atom is -0.494 e. The molecular formula is C21H27ClN2O4S. The Labute approximate surface area is 177 Å². The minimum absolute atomic E-state index is 0.0644. The maximum atomic E-state index is 13.2. The van der Waals surface area contributed by atoms with Gasteiger partial charge >= 0.3 is 0 Å². The Kier molecular flexibility index (Phi) is 8.79. The average molecular weight is 439 g/mol. The summed E-state index contributed by atoms with van der Waals surface area (Å²) < 4.78 is 33.0. The fraction of sp³-hybridized carbons (Fsp3) is 0.381. The summed E-state index contributed by atoms with van der Waals surface area (Å²) in [4.78, 5) is 12.5. The van der Waals surface area contributed by atoms with Crippen molar-refractivity contribution in [2.75, 3.05) is 24.0 Å². The molecule has 0 unspecified atom stereocenters. The smallest absolute Gasteiger partial charge is 0.264 e. The third-order valence-electron chi connectivity index (χ3n) is 4.23. The van der Waals surface area contributed by atoms with E-state index in [1.165, 1.54) is 24.3 Å². The number of amides is 1. The summed E-state index contributed by atoms with van der Waals surface area (Å²) >= 11 is 5.89. The molecule has 158 valence electrons. The van der Waals surface area contributed by atoms with Gasteiger partial charge in [-0.1, -0.05) is 31.4 Å². The summed E-state index contributed by atoms with van der Waals surface area (Å²) in [5, 5.41) is 3.23. The number of hydrogen-bond acceptors (Lipinski definition) is 4. The highest BCUT2D eigenvalue weighted by Gasteiger charge is 2.27. The zero-order valence-corrected chi connectivity index (χ0v) is 18.3. The Morgan fingerprint density at radius 1 is 1.03 bits per heavy atom. The lowest BCUT2D eigenvalue weighted by Gasteiger charge is -2.24. The van der Waals surface area contributed by atoms with Crippen molar-refractivity contribution in [1.29, 1.82) is 0 Å². The van der Waals surface area contributed by atoms with E-state index in [-0.39, 0.29) is 17.3 Å². The summed E-state index contributed by atoms with van der Waals surface area (Å²) in [5.41, 5.74) is 0.382. The standard InChI is InChI=1S/C21H27ClN2O4S/c1-3-5-6-15-23-21(25)16-24(18-9-11-19(12-10-18)28-4-2)29(26,27)20-13-7-17(22)8-14-20/h7-14H,3-6,15-16H2,1-2H3,(H,23,25). The lowest BCUT2D eigenvalue weighted by atomic mass is 10.2. The molecule has 2 aromatic carbocycles. The predicted octanol–water partition coefficient (Wildman–Crippen LogP) is 4.24. The lowest BCUT2D eigenvalue weighted by molar-refractivity contribution is -0.119. The first-order chi connectivity index (χ1) is 13.9. The Bertz CT molecular complexity index is 884. The fourth-order valence-corrected chi connectivity index (χ4v) is 4.26. The molecule has 0 aromatic heterocycles. The number of carbonyl (C=O) groups excluding carboxylic acids is 1. The zero-order valence-electron chi connectivity index (χ0n) is 16.7.